The molecule has 0 bridgehead atoms. The lowest BCUT2D eigenvalue weighted by Gasteiger charge is -2.04. The molecule has 1 amide bonds. The van der Waals surface area contributed by atoms with E-state index in [1.54, 1.807) is 48.5 Å². The molecule has 89 valence electrons. The number of hydrogen-bond donors (Lipinski definition) is 1. The van der Waals surface area contributed by atoms with E-state index < -0.39 is 0 Å². The molecule has 2 aromatic carbocycles. The Morgan fingerprint density at radius 3 is 2.39 bits per heavy atom. The lowest BCUT2D eigenvalue weighted by Crippen LogP contribution is -2.29. The number of rotatable bonds is 4. The smallest absolute Gasteiger partial charge is 0.251 e. The van der Waals surface area contributed by atoms with Crippen LogP contribution in [0.3, 0.4) is 0 Å². The van der Waals surface area contributed by atoms with Gasteiger partial charge in [-0.15, -0.1) is 0 Å². The molecule has 0 fully saturated rings. The minimum atomic E-state index is -0.246. The first-order valence-electron chi connectivity index (χ1n) is 5.60. The predicted molar refractivity (Wildman–Crippen MR) is 68.4 cm³/mol. The summed E-state index contributed by atoms with van der Waals surface area (Å²) < 4.78 is 0. The summed E-state index contributed by atoms with van der Waals surface area (Å²) in [7, 11) is 0. The van der Waals surface area contributed by atoms with Crippen molar-refractivity contribution in [1.82, 2.24) is 5.32 Å². The summed E-state index contributed by atoms with van der Waals surface area (Å²) in [4.78, 5) is 23.5. The van der Waals surface area contributed by atoms with Gasteiger partial charge in [-0.05, 0) is 24.3 Å². The molecule has 2 aromatic rings. The second-order valence-corrected chi connectivity index (χ2v) is 3.76. The molecular formula is C15H12NO2. The van der Waals surface area contributed by atoms with E-state index in [9.17, 15) is 9.59 Å². The van der Waals surface area contributed by atoms with Crippen molar-refractivity contribution < 1.29 is 9.59 Å². The van der Waals surface area contributed by atoms with Crippen molar-refractivity contribution in [3.63, 3.8) is 0 Å². The van der Waals surface area contributed by atoms with Gasteiger partial charge in [-0.3, -0.25) is 9.59 Å². The van der Waals surface area contributed by atoms with E-state index in [1.807, 2.05) is 6.07 Å². The normalized spacial score (nSPS) is 9.78. The maximum atomic E-state index is 11.7. The SMILES string of the molecule is O=C(CNC(=O)c1ccccc1)c1c[c]ccc1. The van der Waals surface area contributed by atoms with Crippen LogP contribution in [0.2, 0.25) is 0 Å². The average Bonchev–Trinajstić information content (AvgIpc) is 2.46. The van der Waals surface area contributed by atoms with Crippen LogP contribution in [0.5, 0.6) is 0 Å². The van der Waals surface area contributed by atoms with Crippen molar-refractivity contribution in [3.8, 4) is 0 Å². The molecule has 0 aliphatic carbocycles. The van der Waals surface area contributed by atoms with Gasteiger partial charge in [-0.25, -0.2) is 0 Å². The number of amides is 1. The van der Waals surface area contributed by atoms with Gasteiger partial charge in [0.05, 0.1) is 6.54 Å². The zero-order valence-corrected chi connectivity index (χ0v) is 9.72. The average molecular weight is 238 g/mol. The van der Waals surface area contributed by atoms with Gasteiger partial charge in [0, 0.05) is 11.1 Å². The number of benzene rings is 2. The Kier molecular flexibility index (Phi) is 3.86. The first kappa shape index (κ1) is 12.0. The standard InChI is InChI=1S/C15H12NO2/c17-14(12-7-3-1-4-8-12)11-16-15(18)13-9-5-2-6-10-13/h1-3,5-10H,11H2,(H,16,18). The van der Waals surface area contributed by atoms with Crippen molar-refractivity contribution in [1.29, 1.82) is 0 Å². The molecule has 0 saturated heterocycles. The Balaban J connectivity index is 1.93. The number of nitrogens with one attached hydrogen (secondary N) is 1. The summed E-state index contributed by atoms with van der Waals surface area (Å²) in [6.45, 7) is -0.00835. The van der Waals surface area contributed by atoms with Gasteiger partial charge in [0.15, 0.2) is 5.78 Å². The Morgan fingerprint density at radius 2 is 1.72 bits per heavy atom. The lowest BCUT2D eigenvalue weighted by atomic mass is 10.1. The Labute approximate surface area is 105 Å². The highest BCUT2D eigenvalue weighted by Gasteiger charge is 2.08. The second kappa shape index (κ2) is 5.77. The van der Waals surface area contributed by atoms with Gasteiger partial charge in [0.1, 0.15) is 0 Å². The number of carbonyl (C=O) groups excluding carboxylic acids is 2. The molecule has 3 heteroatoms. The first-order chi connectivity index (χ1) is 8.77. The van der Waals surface area contributed by atoms with Crippen molar-refractivity contribution in [2.45, 2.75) is 0 Å². The molecule has 18 heavy (non-hydrogen) atoms. The molecule has 0 aliphatic rings. The summed E-state index contributed by atoms with van der Waals surface area (Å²) in [6.07, 6.45) is 0. The van der Waals surface area contributed by atoms with Crippen LogP contribution in [-0.2, 0) is 0 Å². The third-order valence-corrected chi connectivity index (χ3v) is 2.47. The second-order valence-electron chi connectivity index (χ2n) is 3.76. The molecule has 1 radical (unpaired) electrons. The lowest BCUT2D eigenvalue weighted by molar-refractivity contribution is 0.0904. The Morgan fingerprint density at radius 1 is 1.00 bits per heavy atom. The fourth-order valence-electron chi connectivity index (χ4n) is 1.52. The largest absolute Gasteiger partial charge is 0.345 e. The quantitative estimate of drug-likeness (QED) is 0.829. The van der Waals surface area contributed by atoms with E-state index in [0.717, 1.165) is 0 Å². The summed E-state index contributed by atoms with van der Waals surface area (Å²) in [5, 5.41) is 2.59. The van der Waals surface area contributed by atoms with Crippen LogP contribution in [0.4, 0.5) is 0 Å². The molecule has 1 N–H and O–H groups in total. The molecule has 0 heterocycles. The molecule has 0 saturated carbocycles. The van der Waals surface area contributed by atoms with Crippen molar-refractivity contribution in [3.05, 3.63) is 71.8 Å². The van der Waals surface area contributed by atoms with Crippen molar-refractivity contribution >= 4 is 11.7 Å². The number of ketones is 1. The van der Waals surface area contributed by atoms with Gasteiger partial charge in [0.2, 0.25) is 0 Å². The van der Waals surface area contributed by atoms with Crippen LogP contribution in [0.15, 0.2) is 54.6 Å². The fraction of sp³-hybridized carbons (Fsp3) is 0.0667. The van der Waals surface area contributed by atoms with Crippen LogP contribution in [0.1, 0.15) is 20.7 Å². The third-order valence-electron chi connectivity index (χ3n) is 2.47. The zero-order chi connectivity index (χ0) is 12.8. The van der Waals surface area contributed by atoms with Gasteiger partial charge in [0.25, 0.3) is 5.91 Å². The summed E-state index contributed by atoms with van der Waals surface area (Å²) in [5.74, 6) is -0.375. The minimum Gasteiger partial charge on any atom is -0.345 e. The highest BCUT2D eigenvalue weighted by atomic mass is 16.2. The molecule has 0 spiro atoms. The maximum absolute atomic E-state index is 11.7. The van der Waals surface area contributed by atoms with Gasteiger partial charge < -0.3 is 5.32 Å². The highest BCUT2D eigenvalue weighted by Crippen LogP contribution is 2.00. The van der Waals surface area contributed by atoms with Crippen molar-refractivity contribution in [2.24, 2.45) is 0 Å². The third kappa shape index (κ3) is 3.04. The first-order valence-corrected chi connectivity index (χ1v) is 5.60. The van der Waals surface area contributed by atoms with Crippen molar-refractivity contribution in [2.75, 3.05) is 6.54 Å². The van der Waals surface area contributed by atoms with E-state index in [2.05, 4.69) is 11.4 Å². The predicted octanol–water partition coefficient (Wildman–Crippen LogP) is 2.10. The number of Topliss-reactive ketones (excluding diaryl/α,β-unsaturated/α-hetero) is 1. The zero-order valence-electron chi connectivity index (χ0n) is 9.72. The van der Waals surface area contributed by atoms with Crippen LogP contribution >= 0.6 is 0 Å². The van der Waals surface area contributed by atoms with Gasteiger partial charge >= 0.3 is 0 Å². The summed E-state index contributed by atoms with van der Waals surface area (Å²) in [5.41, 5.74) is 1.09. The van der Waals surface area contributed by atoms with Crippen LogP contribution in [-0.4, -0.2) is 18.2 Å². The summed E-state index contributed by atoms with van der Waals surface area (Å²) >= 11 is 0. The van der Waals surface area contributed by atoms with Gasteiger partial charge in [-0.1, -0.05) is 36.4 Å². The fourth-order valence-corrected chi connectivity index (χ4v) is 1.52. The van der Waals surface area contributed by atoms with E-state index in [4.69, 9.17) is 0 Å². The molecule has 0 aliphatic heterocycles. The topological polar surface area (TPSA) is 46.2 Å². The van der Waals surface area contributed by atoms with Crippen LogP contribution in [0.25, 0.3) is 0 Å². The Bertz CT molecular complexity index is 483. The molecular weight excluding hydrogens is 226 g/mol. The molecule has 0 aromatic heterocycles. The van der Waals surface area contributed by atoms with E-state index in [-0.39, 0.29) is 18.2 Å². The molecule has 0 atom stereocenters. The van der Waals surface area contributed by atoms with E-state index in [0.29, 0.717) is 11.1 Å². The van der Waals surface area contributed by atoms with Crippen LogP contribution in [0, 0.1) is 6.07 Å². The molecule has 0 unspecified atom stereocenters. The molecule has 3 nitrogen and oxygen atoms in total. The maximum Gasteiger partial charge on any atom is 0.251 e. The van der Waals surface area contributed by atoms with Gasteiger partial charge in [-0.2, -0.15) is 0 Å². The summed E-state index contributed by atoms with van der Waals surface area (Å²) in [6, 6.07) is 18.4. The highest BCUT2D eigenvalue weighted by molar-refractivity contribution is 6.02. The monoisotopic (exact) mass is 238 g/mol. The molecule has 2 rings (SSSR count). The van der Waals surface area contributed by atoms with Crippen LogP contribution < -0.4 is 5.32 Å². The Hall–Kier alpha value is -2.42. The van der Waals surface area contributed by atoms with E-state index in [1.165, 1.54) is 0 Å². The van der Waals surface area contributed by atoms with E-state index >= 15 is 0 Å². The minimum absolute atomic E-state index is 0.00835. The number of hydrogen-bond acceptors (Lipinski definition) is 2. The number of carbonyl (C=O) groups is 2.